The molecule has 3 amide bonds. The van der Waals surface area contributed by atoms with Crippen molar-refractivity contribution >= 4 is 24.3 Å². The van der Waals surface area contributed by atoms with E-state index in [-0.39, 0.29) is 24.4 Å². The number of carbonyl (C=O) groups is 2. The number of nitrogens with zero attached hydrogens (tertiary/aromatic N) is 1. The van der Waals surface area contributed by atoms with Crippen LogP contribution in [0.15, 0.2) is 24.3 Å². The number of carbonyl (C=O) groups excluding carboxylic acids is 2. The van der Waals surface area contributed by atoms with Crippen LogP contribution in [0, 0.1) is 0 Å². The van der Waals surface area contributed by atoms with Crippen LogP contribution in [0.5, 0.6) is 0 Å². The summed E-state index contributed by atoms with van der Waals surface area (Å²) < 4.78 is 0. The molecule has 1 saturated heterocycles. The van der Waals surface area contributed by atoms with Gasteiger partial charge >= 0.3 is 6.03 Å². The van der Waals surface area contributed by atoms with Crippen molar-refractivity contribution in [2.24, 2.45) is 5.73 Å². The van der Waals surface area contributed by atoms with Crippen LogP contribution in [0.4, 0.5) is 4.79 Å². The molecule has 0 bridgehead atoms. The van der Waals surface area contributed by atoms with Gasteiger partial charge in [-0.05, 0) is 31.5 Å². The van der Waals surface area contributed by atoms with E-state index in [0.717, 1.165) is 18.7 Å². The third-order valence-electron chi connectivity index (χ3n) is 3.96. The van der Waals surface area contributed by atoms with E-state index in [2.05, 4.69) is 24.5 Å². The molecular weight excluding hydrogens is 304 g/mol. The SMILES string of the molecule is CC1NCCN(C(=O)c2ccc(CNC(N)=O)cc2)C1C.Cl. The first-order valence-corrected chi connectivity index (χ1v) is 7.15. The van der Waals surface area contributed by atoms with Gasteiger partial charge < -0.3 is 21.3 Å². The second-order valence-corrected chi connectivity index (χ2v) is 5.40. The monoisotopic (exact) mass is 326 g/mol. The fourth-order valence-electron chi connectivity index (χ4n) is 2.46. The quantitative estimate of drug-likeness (QED) is 0.777. The van der Waals surface area contributed by atoms with Crippen molar-refractivity contribution in [2.75, 3.05) is 13.1 Å². The van der Waals surface area contributed by atoms with Gasteiger partial charge in [0.25, 0.3) is 5.91 Å². The molecule has 122 valence electrons. The standard InChI is InChI=1S/C15H22N4O2.ClH/c1-10-11(2)19(8-7-17-10)14(20)13-5-3-12(4-6-13)9-18-15(16)21;/h3-6,10-11,17H,7-9H2,1-2H3,(H3,16,18,21);1H. The average Bonchev–Trinajstić information content (AvgIpc) is 2.48. The second-order valence-electron chi connectivity index (χ2n) is 5.40. The molecule has 1 aliphatic heterocycles. The van der Waals surface area contributed by atoms with E-state index in [1.165, 1.54) is 0 Å². The summed E-state index contributed by atoms with van der Waals surface area (Å²) in [5, 5.41) is 5.88. The molecule has 0 radical (unpaired) electrons. The van der Waals surface area contributed by atoms with Gasteiger partial charge in [0.1, 0.15) is 0 Å². The Hall–Kier alpha value is -1.79. The lowest BCUT2D eigenvalue weighted by atomic mass is 10.0. The second kappa shape index (κ2) is 8.00. The molecule has 0 aliphatic carbocycles. The van der Waals surface area contributed by atoms with E-state index in [4.69, 9.17) is 5.73 Å². The predicted molar refractivity (Wildman–Crippen MR) is 88.1 cm³/mol. The maximum atomic E-state index is 12.5. The third-order valence-corrected chi connectivity index (χ3v) is 3.96. The summed E-state index contributed by atoms with van der Waals surface area (Å²) in [6, 6.07) is 7.15. The molecule has 7 heteroatoms. The molecule has 0 aromatic heterocycles. The minimum atomic E-state index is -0.557. The van der Waals surface area contributed by atoms with Crippen LogP contribution in [-0.4, -0.2) is 42.0 Å². The lowest BCUT2D eigenvalue weighted by molar-refractivity contribution is 0.0603. The van der Waals surface area contributed by atoms with Crippen LogP contribution >= 0.6 is 12.4 Å². The number of nitrogens with one attached hydrogen (secondary N) is 2. The highest BCUT2D eigenvalue weighted by atomic mass is 35.5. The van der Waals surface area contributed by atoms with Crippen LogP contribution in [0.3, 0.4) is 0 Å². The van der Waals surface area contributed by atoms with Crippen LogP contribution in [0.25, 0.3) is 0 Å². The van der Waals surface area contributed by atoms with Gasteiger partial charge in [-0.2, -0.15) is 0 Å². The van der Waals surface area contributed by atoms with E-state index in [0.29, 0.717) is 18.2 Å². The van der Waals surface area contributed by atoms with Crippen LogP contribution in [0.1, 0.15) is 29.8 Å². The number of rotatable bonds is 3. The van der Waals surface area contributed by atoms with Gasteiger partial charge in [-0.3, -0.25) is 4.79 Å². The first kappa shape index (κ1) is 18.3. The van der Waals surface area contributed by atoms with Gasteiger partial charge in [-0.15, -0.1) is 12.4 Å². The van der Waals surface area contributed by atoms with Gasteiger partial charge in [0.2, 0.25) is 0 Å². The third kappa shape index (κ3) is 4.35. The maximum absolute atomic E-state index is 12.5. The summed E-state index contributed by atoms with van der Waals surface area (Å²) in [4.78, 5) is 25.1. The van der Waals surface area contributed by atoms with Gasteiger partial charge in [-0.25, -0.2) is 4.79 Å². The molecule has 2 unspecified atom stereocenters. The number of hydrogen-bond acceptors (Lipinski definition) is 3. The maximum Gasteiger partial charge on any atom is 0.312 e. The van der Waals surface area contributed by atoms with Crippen molar-refractivity contribution in [3.8, 4) is 0 Å². The smallest absolute Gasteiger partial charge is 0.312 e. The number of urea groups is 1. The van der Waals surface area contributed by atoms with Gasteiger partial charge in [-0.1, -0.05) is 12.1 Å². The van der Waals surface area contributed by atoms with Crippen LogP contribution in [0.2, 0.25) is 0 Å². The topological polar surface area (TPSA) is 87.5 Å². The van der Waals surface area contributed by atoms with Crippen LogP contribution < -0.4 is 16.4 Å². The van der Waals surface area contributed by atoms with E-state index < -0.39 is 6.03 Å². The average molecular weight is 327 g/mol. The first-order valence-electron chi connectivity index (χ1n) is 7.15. The zero-order valence-corrected chi connectivity index (χ0v) is 13.7. The zero-order valence-electron chi connectivity index (χ0n) is 12.8. The molecule has 1 fully saturated rings. The van der Waals surface area contributed by atoms with Crippen molar-refractivity contribution in [1.82, 2.24) is 15.5 Å². The number of piperazine rings is 1. The Kier molecular flexibility index (Phi) is 6.64. The molecule has 2 atom stereocenters. The number of amides is 3. The fraction of sp³-hybridized carbons (Fsp3) is 0.467. The lowest BCUT2D eigenvalue weighted by Gasteiger charge is -2.38. The summed E-state index contributed by atoms with van der Waals surface area (Å²) in [5.74, 6) is 0.0465. The summed E-state index contributed by atoms with van der Waals surface area (Å²) in [6.07, 6.45) is 0. The van der Waals surface area contributed by atoms with E-state index in [1.807, 2.05) is 17.0 Å². The minimum Gasteiger partial charge on any atom is -0.352 e. The molecular formula is C15H23ClN4O2. The van der Waals surface area contributed by atoms with Crippen molar-refractivity contribution in [2.45, 2.75) is 32.5 Å². The molecule has 6 nitrogen and oxygen atoms in total. The highest BCUT2D eigenvalue weighted by Gasteiger charge is 2.28. The fourth-order valence-corrected chi connectivity index (χ4v) is 2.46. The molecule has 22 heavy (non-hydrogen) atoms. The molecule has 1 aliphatic rings. The van der Waals surface area contributed by atoms with E-state index in [9.17, 15) is 9.59 Å². The van der Waals surface area contributed by atoms with Gasteiger partial charge in [0.05, 0.1) is 0 Å². The van der Waals surface area contributed by atoms with Crippen molar-refractivity contribution in [1.29, 1.82) is 0 Å². The summed E-state index contributed by atoms with van der Waals surface area (Å²) in [6.45, 7) is 6.04. The van der Waals surface area contributed by atoms with Crippen molar-refractivity contribution in [3.05, 3.63) is 35.4 Å². The Morgan fingerprint density at radius 2 is 1.95 bits per heavy atom. The number of nitrogens with two attached hydrogens (primary N) is 1. The molecule has 1 heterocycles. The number of benzene rings is 1. The zero-order chi connectivity index (χ0) is 15.4. The first-order chi connectivity index (χ1) is 9.99. The minimum absolute atomic E-state index is 0. The largest absolute Gasteiger partial charge is 0.352 e. The molecule has 1 aromatic carbocycles. The predicted octanol–water partition coefficient (Wildman–Crippen LogP) is 1.10. The molecule has 1 aromatic rings. The van der Waals surface area contributed by atoms with Crippen molar-refractivity contribution < 1.29 is 9.59 Å². The highest BCUT2D eigenvalue weighted by molar-refractivity contribution is 5.94. The van der Waals surface area contributed by atoms with Gasteiger partial charge in [0, 0.05) is 37.3 Å². The summed E-state index contributed by atoms with van der Waals surface area (Å²) >= 11 is 0. The Labute approximate surface area is 136 Å². The van der Waals surface area contributed by atoms with E-state index >= 15 is 0 Å². The van der Waals surface area contributed by atoms with Crippen LogP contribution in [-0.2, 0) is 6.54 Å². The normalized spacial score (nSPS) is 20.9. The Balaban J connectivity index is 0.00000242. The molecule has 4 N–H and O–H groups in total. The molecule has 0 spiro atoms. The number of hydrogen-bond donors (Lipinski definition) is 3. The number of halogens is 1. The Bertz CT molecular complexity index is 521. The Morgan fingerprint density at radius 1 is 1.32 bits per heavy atom. The summed E-state index contributed by atoms with van der Waals surface area (Å²) in [7, 11) is 0. The number of primary amides is 1. The Morgan fingerprint density at radius 3 is 2.55 bits per heavy atom. The molecule has 0 saturated carbocycles. The van der Waals surface area contributed by atoms with Gasteiger partial charge in [0.15, 0.2) is 0 Å². The highest BCUT2D eigenvalue weighted by Crippen LogP contribution is 2.14. The summed E-state index contributed by atoms with van der Waals surface area (Å²) in [5.41, 5.74) is 6.60. The lowest BCUT2D eigenvalue weighted by Crippen LogP contribution is -2.57. The molecule has 2 rings (SSSR count). The van der Waals surface area contributed by atoms with Crippen molar-refractivity contribution in [3.63, 3.8) is 0 Å². The van der Waals surface area contributed by atoms with E-state index in [1.54, 1.807) is 12.1 Å².